The predicted molar refractivity (Wildman–Crippen MR) is 109 cm³/mol. The molecule has 2 N–H and O–H groups in total. The van der Waals surface area contributed by atoms with Crippen LogP contribution in [0.15, 0.2) is 64.6 Å². The quantitative estimate of drug-likeness (QED) is 0.484. The highest BCUT2D eigenvalue weighted by Crippen LogP contribution is 2.27. The second kappa shape index (κ2) is 8.28. The lowest BCUT2D eigenvalue weighted by Gasteiger charge is -2.07. The van der Waals surface area contributed by atoms with Crippen molar-refractivity contribution in [3.05, 3.63) is 82.6 Å². The number of hydrogen-bond donors (Lipinski definition) is 2. The summed E-state index contributed by atoms with van der Waals surface area (Å²) in [5, 5.41) is 21.2. The Hall–Kier alpha value is -4.11. The number of furan rings is 1. The van der Waals surface area contributed by atoms with Gasteiger partial charge in [-0.05, 0) is 55.3 Å². The van der Waals surface area contributed by atoms with Gasteiger partial charge < -0.3 is 14.8 Å². The Balaban J connectivity index is 1.84. The fourth-order valence-corrected chi connectivity index (χ4v) is 2.84. The molecule has 0 fully saturated rings. The molecule has 0 aliphatic carbocycles. The van der Waals surface area contributed by atoms with Gasteiger partial charge in [-0.15, -0.1) is 0 Å². The van der Waals surface area contributed by atoms with Gasteiger partial charge in [0.2, 0.25) is 0 Å². The molecule has 1 amide bonds. The number of aromatic carboxylic acids is 1. The molecule has 2 aromatic carbocycles. The van der Waals surface area contributed by atoms with E-state index in [4.69, 9.17) is 9.52 Å². The second-order valence-corrected chi connectivity index (χ2v) is 6.48. The number of nitrogens with zero attached hydrogens (tertiary/aromatic N) is 1. The third-order valence-corrected chi connectivity index (χ3v) is 4.41. The van der Waals surface area contributed by atoms with Crippen molar-refractivity contribution in [2.75, 3.05) is 5.32 Å². The van der Waals surface area contributed by atoms with Crippen LogP contribution in [0.4, 0.5) is 5.69 Å². The van der Waals surface area contributed by atoms with Gasteiger partial charge in [0.15, 0.2) is 0 Å². The SMILES string of the molecule is Cc1ccccc1NC(=O)C(C#N)=Cc1ccc(-c2ccc(C(=O)O)cc2C)o1. The van der Waals surface area contributed by atoms with Crippen LogP contribution in [0.2, 0.25) is 0 Å². The van der Waals surface area contributed by atoms with E-state index in [0.29, 0.717) is 17.2 Å². The number of carbonyl (C=O) groups excluding carboxylic acids is 1. The highest BCUT2D eigenvalue weighted by Gasteiger charge is 2.14. The van der Waals surface area contributed by atoms with Crippen molar-refractivity contribution in [3.63, 3.8) is 0 Å². The van der Waals surface area contributed by atoms with Crippen molar-refractivity contribution >= 4 is 23.6 Å². The largest absolute Gasteiger partial charge is 0.478 e. The maximum Gasteiger partial charge on any atom is 0.335 e. The third-order valence-electron chi connectivity index (χ3n) is 4.41. The lowest BCUT2D eigenvalue weighted by atomic mass is 10.0. The van der Waals surface area contributed by atoms with E-state index >= 15 is 0 Å². The van der Waals surface area contributed by atoms with E-state index in [-0.39, 0.29) is 11.1 Å². The number of aryl methyl sites for hydroxylation is 2. The number of nitrogens with one attached hydrogen (secondary N) is 1. The predicted octanol–water partition coefficient (Wildman–Crippen LogP) is 4.81. The first-order valence-electron chi connectivity index (χ1n) is 8.82. The van der Waals surface area contributed by atoms with E-state index in [2.05, 4.69) is 5.32 Å². The lowest BCUT2D eigenvalue weighted by Crippen LogP contribution is -2.14. The van der Waals surface area contributed by atoms with E-state index in [1.165, 1.54) is 12.1 Å². The summed E-state index contributed by atoms with van der Waals surface area (Å²) in [6, 6.07) is 17.3. The van der Waals surface area contributed by atoms with Crippen LogP contribution < -0.4 is 5.32 Å². The monoisotopic (exact) mass is 386 g/mol. The van der Waals surface area contributed by atoms with E-state index in [9.17, 15) is 14.9 Å². The lowest BCUT2D eigenvalue weighted by molar-refractivity contribution is -0.112. The Bertz CT molecular complexity index is 1170. The molecule has 144 valence electrons. The van der Waals surface area contributed by atoms with Gasteiger partial charge in [0.1, 0.15) is 23.2 Å². The molecule has 0 saturated carbocycles. The fourth-order valence-electron chi connectivity index (χ4n) is 2.84. The Morgan fingerprint density at radius 2 is 1.83 bits per heavy atom. The zero-order valence-corrected chi connectivity index (χ0v) is 15.9. The van der Waals surface area contributed by atoms with Crippen LogP contribution in [0.1, 0.15) is 27.2 Å². The molecule has 0 aliphatic rings. The van der Waals surface area contributed by atoms with Crippen LogP contribution in [-0.4, -0.2) is 17.0 Å². The summed E-state index contributed by atoms with van der Waals surface area (Å²) < 4.78 is 5.75. The van der Waals surface area contributed by atoms with E-state index < -0.39 is 11.9 Å². The Labute approximate surface area is 167 Å². The summed E-state index contributed by atoms with van der Waals surface area (Å²) in [5.74, 6) is -0.664. The van der Waals surface area contributed by atoms with Crippen LogP contribution in [0.25, 0.3) is 17.4 Å². The van der Waals surface area contributed by atoms with E-state index in [0.717, 1.165) is 16.7 Å². The molecule has 0 bridgehead atoms. The fraction of sp³-hybridized carbons (Fsp3) is 0.0870. The molecule has 0 radical (unpaired) electrons. The Kier molecular flexibility index (Phi) is 5.61. The molecule has 6 heteroatoms. The first-order chi connectivity index (χ1) is 13.9. The number of rotatable bonds is 5. The minimum atomic E-state index is -0.999. The summed E-state index contributed by atoms with van der Waals surface area (Å²) in [5.41, 5.74) is 3.10. The minimum absolute atomic E-state index is 0.0906. The van der Waals surface area contributed by atoms with Crippen molar-refractivity contribution in [3.8, 4) is 17.4 Å². The zero-order chi connectivity index (χ0) is 21.0. The molecule has 3 rings (SSSR count). The van der Waals surface area contributed by atoms with Crippen molar-refractivity contribution in [1.29, 1.82) is 5.26 Å². The topological polar surface area (TPSA) is 103 Å². The van der Waals surface area contributed by atoms with Gasteiger partial charge in [0.05, 0.1) is 5.56 Å². The molecule has 29 heavy (non-hydrogen) atoms. The van der Waals surface area contributed by atoms with Crippen LogP contribution >= 0.6 is 0 Å². The number of carboxylic acid groups (broad SMARTS) is 1. The van der Waals surface area contributed by atoms with Gasteiger partial charge in [0.25, 0.3) is 5.91 Å². The zero-order valence-electron chi connectivity index (χ0n) is 15.9. The van der Waals surface area contributed by atoms with Gasteiger partial charge in [0, 0.05) is 17.3 Å². The molecular weight excluding hydrogens is 368 g/mol. The molecule has 1 heterocycles. The van der Waals surface area contributed by atoms with Gasteiger partial charge in [-0.3, -0.25) is 4.79 Å². The van der Waals surface area contributed by atoms with Gasteiger partial charge >= 0.3 is 5.97 Å². The number of para-hydroxylation sites is 1. The highest BCUT2D eigenvalue weighted by molar-refractivity contribution is 6.09. The summed E-state index contributed by atoms with van der Waals surface area (Å²) in [4.78, 5) is 23.5. The number of amides is 1. The first kappa shape index (κ1) is 19.6. The number of hydrogen-bond acceptors (Lipinski definition) is 4. The summed E-state index contributed by atoms with van der Waals surface area (Å²) in [6.45, 7) is 3.65. The summed E-state index contributed by atoms with van der Waals surface area (Å²) in [6.07, 6.45) is 1.37. The van der Waals surface area contributed by atoms with Crippen molar-refractivity contribution in [2.45, 2.75) is 13.8 Å². The molecule has 0 saturated heterocycles. The average molecular weight is 386 g/mol. The molecular formula is C23H18N2O4. The average Bonchev–Trinajstić information content (AvgIpc) is 3.16. The van der Waals surface area contributed by atoms with E-state index in [1.54, 1.807) is 43.3 Å². The smallest absolute Gasteiger partial charge is 0.335 e. The minimum Gasteiger partial charge on any atom is -0.478 e. The van der Waals surface area contributed by atoms with Crippen LogP contribution in [0, 0.1) is 25.2 Å². The summed E-state index contributed by atoms with van der Waals surface area (Å²) in [7, 11) is 0. The van der Waals surface area contributed by atoms with Crippen LogP contribution in [-0.2, 0) is 4.79 Å². The number of anilines is 1. The molecule has 0 spiro atoms. The van der Waals surface area contributed by atoms with Gasteiger partial charge in [-0.2, -0.15) is 5.26 Å². The van der Waals surface area contributed by atoms with Crippen LogP contribution in [0.3, 0.4) is 0 Å². The molecule has 6 nitrogen and oxygen atoms in total. The highest BCUT2D eigenvalue weighted by atomic mass is 16.4. The maximum atomic E-state index is 12.4. The van der Waals surface area contributed by atoms with E-state index in [1.807, 2.05) is 25.1 Å². The number of benzene rings is 2. The molecule has 0 unspecified atom stereocenters. The molecule has 0 aliphatic heterocycles. The van der Waals surface area contributed by atoms with Gasteiger partial charge in [-0.1, -0.05) is 24.3 Å². The van der Waals surface area contributed by atoms with Crippen molar-refractivity contribution in [2.24, 2.45) is 0 Å². The van der Waals surface area contributed by atoms with Crippen LogP contribution in [0.5, 0.6) is 0 Å². The molecule has 0 atom stereocenters. The Morgan fingerprint density at radius 3 is 2.48 bits per heavy atom. The second-order valence-electron chi connectivity index (χ2n) is 6.48. The van der Waals surface area contributed by atoms with Crippen molar-refractivity contribution in [1.82, 2.24) is 0 Å². The van der Waals surface area contributed by atoms with Crippen molar-refractivity contribution < 1.29 is 19.1 Å². The van der Waals surface area contributed by atoms with Gasteiger partial charge in [-0.25, -0.2) is 4.79 Å². The Morgan fingerprint density at radius 1 is 1.07 bits per heavy atom. The third kappa shape index (κ3) is 4.42. The number of carboxylic acids is 1. The molecule has 1 aromatic heterocycles. The molecule has 3 aromatic rings. The standard InChI is InChI=1S/C23H18N2O4/c1-14-5-3-4-6-20(14)25-22(26)17(13-24)12-18-8-10-21(29-18)19-9-7-16(23(27)28)11-15(19)2/h3-12H,1-2H3,(H,25,26)(H,27,28). The normalized spacial score (nSPS) is 11.0. The summed E-state index contributed by atoms with van der Waals surface area (Å²) >= 11 is 0. The number of nitriles is 1. The number of carbonyl (C=O) groups is 2. The first-order valence-corrected chi connectivity index (χ1v) is 8.82. The maximum absolute atomic E-state index is 12.4.